The molecule has 0 saturated carbocycles. The van der Waals surface area contributed by atoms with E-state index in [0.717, 1.165) is 19.3 Å². The van der Waals surface area contributed by atoms with E-state index in [1.54, 1.807) is 0 Å². The summed E-state index contributed by atoms with van der Waals surface area (Å²) in [5.74, 6) is 0.439. The van der Waals surface area contributed by atoms with Crippen molar-refractivity contribution in [1.82, 2.24) is 0 Å². The lowest BCUT2D eigenvalue weighted by Gasteiger charge is -2.39. The van der Waals surface area contributed by atoms with Gasteiger partial charge in [-0.1, -0.05) is 162 Å². The van der Waals surface area contributed by atoms with Crippen LogP contribution in [0.2, 0.25) is 0 Å². The van der Waals surface area contributed by atoms with Gasteiger partial charge in [-0.05, 0) is 48.3 Å². The Balaban J connectivity index is 0.00000481. The summed E-state index contributed by atoms with van der Waals surface area (Å²) in [7, 11) is 0. The predicted octanol–water partition coefficient (Wildman–Crippen LogP) is 9.92. The van der Waals surface area contributed by atoms with Gasteiger partial charge in [0.2, 0.25) is 0 Å². The maximum Gasteiger partial charge on any atom is 0.0267 e. The lowest BCUT2D eigenvalue weighted by molar-refractivity contribution is 0.241. The van der Waals surface area contributed by atoms with Gasteiger partial charge < -0.3 is 5.73 Å². The van der Waals surface area contributed by atoms with E-state index in [9.17, 15) is 0 Å². The van der Waals surface area contributed by atoms with Gasteiger partial charge in [0.1, 0.15) is 0 Å². The van der Waals surface area contributed by atoms with Crippen molar-refractivity contribution in [2.75, 3.05) is 0 Å². The van der Waals surface area contributed by atoms with Crippen molar-refractivity contribution < 1.29 is 0 Å². The summed E-state index contributed by atoms with van der Waals surface area (Å²) in [6.45, 7) is 2.29. The van der Waals surface area contributed by atoms with E-state index in [1.165, 1.54) is 87.3 Å². The van der Waals surface area contributed by atoms with Crippen molar-refractivity contribution in [2.24, 2.45) is 11.7 Å². The molecule has 3 aromatic carbocycles. The summed E-state index contributed by atoms with van der Waals surface area (Å²) in [5.41, 5.74) is 11.3. The molecule has 1 unspecified atom stereocenters. The summed E-state index contributed by atoms with van der Waals surface area (Å²) >= 11 is 0. The highest BCUT2D eigenvalue weighted by molar-refractivity contribution is 8.93. The highest BCUT2D eigenvalue weighted by Gasteiger charge is 2.35. The molecule has 0 aliphatic rings. The molecule has 37 heavy (non-hydrogen) atoms. The van der Waals surface area contributed by atoms with Crippen molar-refractivity contribution in [1.29, 1.82) is 0 Å². The first-order chi connectivity index (χ1) is 17.7. The average molecular weight is 565 g/mol. The zero-order chi connectivity index (χ0) is 25.3. The van der Waals surface area contributed by atoms with Gasteiger partial charge in [0.25, 0.3) is 0 Å². The zero-order valence-electron chi connectivity index (χ0n) is 23.1. The van der Waals surface area contributed by atoms with E-state index in [-0.39, 0.29) is 22.5 Å². The van der Waals surface area contributed by atoms with Crippen LogP contribution in [0, 0.1) is 5.92 Å². The lowest BCUT2D eigenvalue weighted by atomic mass is 9.71. The maximum atomic E-state index is 7.47. The van der Waals surface area contributed by atoms with Gasteiger partial charge in [-0.15, -0.1) is 17.0 Å². The van der Waals surface area contributed by atoms with Gasteiger partial charge in [0.15, 0.2) is 0 Å². The van der Waals surface area contributed by atoms with Gasteiger partial charge in [0.05, 0.1) is 0 Å². The number of benzene rings is 3. The maximum absolute atomic E-state index is 7.47. The van der Waals surface area contributed by atoms with Crippen LogP contribution in [0.1, 0.15) is 94.2 Å². The molecule has 0 fully saturated rings. The van der Waals surface area contributed by atoms with E-state index >= 15 is 0 Å². The summed E-state index contributed by atoms with van der Waals surface area (Å²) in [4.78, 5) is 0. The van der Waals surface area contributed by atoms with Gasteiger partial charge in [-0.3, -0.25) is 0 Å². The molecule has 0 spiro atoms. The standard InChI is InChI=1S/C35H49N.BrH/c1-2-3-4-5-6-7-8-9-10-20-27-34(28-31-21-14-11-15-22-31)35(36,29-32-23-16-12-17-24-32)30-33-25-18-13-19-26-33;/h11-19,21-26,34H,2-10,20,27-30,36H2,1H3;1H. The van der Waals surface area contributed by atoms with Gasteiger partial charge in [-0.25, -0.2) is 0 Å². The summed E-state index contributed by atoms with van der Waals surface area (Å²) in [6, 6.07) is 32.8. The fourth-order valence-corrected chi connectivity index (χ4v) is 5.67. The number of nitrogens with two attached hydrogens (primary N) is 1. The van der Waals surface area contributed by atoms with Crippen molar-refractivity contribution in [2.45, 2.75) is 102 Å². The van der Waals surface area contributed by atoms with Gasteiger partial charge >= 0.3 is 0 Å². The minimum Gasteiger partial charge on any atom is -0.324 e. The van der Waals surface area contributed by atoms with Crippen molar-refractivity contribution in [3.05, 3.63) is 108 Å². The third-order valence-electron chi connectivity index (χ3n) is 7.80. The Morgan fingerprint density at radius 2 is 0.919 bits per heavy atom. The van der Waals surface area contributed by atoms with Crippen molar-refractivity contribution in [3.63, 3.8) is 0 Å². The average Bonchev–Trinajstić information content (AvgIpc) is 2.90. The zero-order valence-corrected chi connectivity index (χ0v) is 24.8. The number of unbranched alkanes of at least 4 members (excludes halogenated alkanes) is 9. The number of halogens is 1. The summed E-state index contributed by atoms with van der Waals surface area (Å²) < 4.78 is 0. The van der Waals surface area contributed by atoms with Crippen LogP contribution in [0.25, 0.3) is 0 Å². The lowest BCUT2D eigenvalue weighted by Crippen LogP contribution is -2.52. The fourth-order valence-electron chi connectivity index (χ4n) is 5.67. The van der Waals surface area contributed by atoms with Gasteiger partial charge in [0, 0.05) is 5.54 Å². The van der Waals surface area contributed by atoms with Crippen LogP contribution >= 0.6 is 17.0 Å². The molecule has 0 saturated heterocycles. The monoisotopic (exact) mass is 563 g/mol. The smallest absolute Gasteiger partial charge is 0.0267 e. The van der Waals surface area contributed by atoms with Crippen LogP contribution in [0.15, 0.2) is 91.0 Å². The molecule has 2 heteroatoms. The SMILES string of the molecule is Br.CCCCCCCCCCCCC(Cc1ccccc1)C(N)(Cc1ccccc1)Cc1ccccc1. The van der Waals surface area contributed by atoms with Crippen molar-refractivity contribution >= 4 is 17.0 Å². The van der Waals surface area contributed by atoms with Crippen LogP contribution in [0.3, 0.4) is 0 Å². The molecule has 0 heterocycles. The topological polar surface area (TPSA) is 26.0 Å². The number of hydrogen-bond acceptors (Lipinski definition) is 1. The van der Waals surface area contributed by atoms with Crippen molar-refractivity contribution in [3.8, 4) is 0 Å². The minimum absolute atomic E-state index is 0. The third kappa shape index (κ3) is 12.0. The number of rotatable bonds is 18. The Morgan fingerprint density at radius 3 is 1.35 bits per heavy atom. The Kier molecular flexibility index (Phi) is 15.5. The Bertz CT molecular complexity index is 884. The Labute approximate surface area is 238 Å². The molecule has 0 aliphatic heterocycles. The Hall–Kier alpha value is -1.90. The molecule has 0 aliphatic carbocycles. The molecule has 3 rings (SSSR count). The molecule has 0 aromatic heterocycles. The second-order valence-electron chi connectivity index (χ2n) is 10.9. The fraction of sp³-hybridized carbons (Fsp3) is 0.486. The van der Waals surface area contributed by atoms with Crippen LogP contribution in [-0.4, -0.2) is 5.54 Å². The highest BCUT2D eigenvalue weighted by atomic mass is 79.9. The molecule has 1 nitrogen and oxygen atoms in total. The molecule has 0 radical (unpaired) electrons. The van der Waals surface area contributed by atoms with Crippen LogP contribution in [-0.2, 0) is 19.3 Å². The summed E-state index contributed by atoms with van der Waals surface area (Å²) in [5, 5.41) is 0. The molecule has 202 valence electrons. The third-order valence-corrected chi connectivity index (χ3v) is 7.80. The van der Waals surface area contributed by atoms with E-state index < -0.39 is 0 Å². The van der Waals surface area contributed by atoms with Crippen LogP contribution in [0.5, 0.6) is 0 Å². The molecule has 3 aromatic rings. The van der Waals surface area contributed by atoms with Gasteiger partial charge in [-0.2, -0.15) is 0 Å². The van der Waals surface area contributed by atoms with E-state index in [2.05, 4.69) is 97.9 Å². The normalized spacial score (nSPS) is 12.2. The second-order valence-corrected chi connectivity index (χ2v) is 10.9. The number of hydrogen-bond donors (Lipinski definition) is 1. The molecular formula is C35H50BrN. The second kappa shape index (κ2) is 18.4. The summed E-state index contributed by atoms with van der Waals surface area (Å²) in [6.07, 6.45) is 17.8. The Morgan fingerprint density at radius 1 is 0.541 bits per heavy atom. The van der Waals surface area contributed by atoms with Crippen LogP contribution < -0.4 is 5.73 Å². The molecule has 2 N–H and O–H groups in total. The molecule has 0 bridgehead atoms. The first-order valence-electron chi connectivity index (χ1n) is 14.6. The highest BCUT2D eigenvalue weighted by Crippen LogP contribution is 2.32. The quantitative estimate of drug-likeness (QED) is 0.153. The largest absolute Gasteiger partial charge is 0.324 e. The van der Waals surface area contributed by atoms with E-state index in [0.29, 0.717) is 5.92 Å². The molecule has 0 amide bonds. The first kappa shape index (κ1) is 31.3. The van der Waals surface area contributed by atoms with Crippen LogP contribution in [0.4, 0.5) is 0 Å². The molecular weight excluding hydrogens is 514 g/mol. The minimum atomic E-state index is -0.280. The molecule has 1 atom stereocenters. The predicted molar refractivity (Wildman–Crippen MR) is 168 cm³/mol. The van der Waals surface area contributed by atoms with E-state index in [4.69, 9.17) is 5.73 Å². The first-order valence-corrected chi connectivity index (χ1v) is 14.6. The van der Waals surface area contributed by atoms with E-state index in [1.807, 2.05) is 0 Å².